The summed E-state index contributed by atoms with van der Waals surface area (Å²) in [5.74, 6) is -1.44. The van der Waals surface area contributed by atoms with Gasteiger partial charge in [0, 0.05) is 26.8 Å². The van der Waals surface area contributed by atoms with Crippen LogP contribution in [0.15, 0.2) is 21.5 Å². The Morgan fingerprint density at radius 2 is 1.80 bits per heavy atom. The SMILES string of the molecule is Cc1cc(S(=O)(=O)CCS(=O)(=O)Cl)c(Br)cc1[N+](=O)[O-]. The summed E-state index contributed by atoms with van der Waals surface area (Å²) in [5, 5.41) is 10.7. The number of aryl methyl sites for hydroxylation is 1. The molecule has 11 heteroatoms. The summed E-state index contributed by atoms with van der Waals surface area (Å²) < 4.78 is 45.6. The van der Waals surface area contributed by atoms with Crippen LogP contribution in [0.2, 0.25) is 0 Å². The van der Waals surface area contributed by atoms with E-state index in [-0.39, 0.29) is 20.6 Å². The minimum Gasteiger partial charge on any atom is -0.258 e. The van der Waals surface area contributed by atoms with Gasteiger partial charge < -0.3 is 0 Å². The third kappa shape index (κ3) is 4.40. The van der Waals surface area contributed by atoms with Crippen LogP contribution in [0.3, 0.4) is 0 Å². The molecular weight excluding hydrogens is 398 g/mol. The molecule has 112 valence electrons. The topological polar surface area (TPSA) is 111 Å². The normalized spacial score (nSPS) is 12.3. The minimum absolute atomic E-state index is 0.00164. The molecule has 0 aliphatic rings. The Bertz CT molecular complexity index is 759. The summed E-state index contributed by atoms with van der Waals surface area (Å²) >= 11 is 2.94. The summed E-state index contributed by atoms with van der Waals surface area (Å²) in [5.41, 5.74) is -0.0775. The van der Waals surface area contributed by atoms with E-state index in [1.54, 1.807) is 0 Å². The van der Waals surface area contributed by atoms with Crippen LogP contribution in [-0.4, -0.2) is 33.3 Å². The van der Waals surface area contributed by atoms with Crippen LogP contribution in [0, 0.1) is 17.0 Å². The Labute approximate surface area is 128 Å². The van der Waals surface area contributed by atoms with E-state index in [9.17, 15) is 26.9 Å². The maximum absolute atomic E-state index is 12.0. The van der Waals surface area contributed by atoms with Crippen molar-refractivity contribution in [2.75, 3.05) is 11.5 Å². The van der Waals surface area contributed by atoms with Gasteiger partial charge in [-0.05, 0) is 28.9 Å². The second-order valence-electron chi connectivity index (χ2n) is 3.89. The molecule has 0 saturated heterocycles. The first-order valence-corrected chi connectivity index (χ1v) is 9.96. The fourth-order valence-electron chi connectivity index (χ4n) is 1.40. The van der Waals surface area contributed by atoms with E-state index in [2.05, 4.69) is 15.9 Å². The second kappa shape index (κ2) is 5.96. The average molecular weight is 407 g/mol. The molecule has 0 unspecified atom stereocenters. The molecule has 0 radical (unpaired) electrons. The predicted molar refractivity (Wildman–Crippen MR) is 77.2 cm³/mol. The first-order chi connectivity index (χ1) is 8.94. The molecule has 0 saturated carbocycles. The molecule has 0 heterocycles. The van der Waals surface area contributed by atoms with E-state index in [0.717, 1.165) is 12.1 Å². The van der Waals surface area contributed by atoms with Crippen molar-refractivity contribution in [2.24, 2.45) is 0 Å². The smallest absolute Gasteiger partial charge is 0.258 e. The standard InChI is InChI=1S/C9H9BrClNO6S2/c1-6-4-9(7(10)5-8(6)12(13)14)19(15,16)2-3-20(11,17)18/h4-5H,2-3H2,1H3. The Morgan fingerprint density at radius 1 is 1.25 bits per heavy atom. The third-order valence-corrected chi connectivity index (χ3v) is 6.46. The van der Waals surface area contributed by atoms with Gasteiger partial charge in [-0.3, -0.25) is 10.1 Å². The first kappa shape index (κ1) is 17.3. The predicted octanol–water partition coefficient (Wildman–Crippen LogP) is 2.01. The van der Waals surface area contributed by atoms with Crippen LogP contribution < -0.4 is 0 Å². The number of nitro benzene ring substituents is 1. The molecule has 0 aromatic heterocycles. The van der Waals surface area contributed by atoms with Gasteiger partial charge in [-0.15, -0.1) is 0 Å². The lowest BCUT2D eigenvalue weighted by molar-refractivity contribution is -0.385. The van der Waals surface area contributed by atoms with Crippen LogP contribution in [0.5, 0.6) is 0 Å². The van der Waals surface area contributed by atoms with Crippen LogP contribution in [0.25, 0.3) is 0 Å². The Kier molecular flexibility index (Phi) is 5.17. The highest BCUT2D eigenvalue weighted by atomic mass is 79.9. The number of benzene rings is 1. The van der Waals surface area contributed by atoms with Crippen LogP contribution in [0.4, 0.5) is 5.69 Å². The quantitative estimate of drug-likeness (QED) is 0.420. The van der Waals surface area contributed by atoms with Crippen molar-refractivity contribution in [1.82, 2.24) is 0 Å². The minimum atomic E-state index is -3.94. The molecular formula is C9H9BrClNO6S2. The van der Waals surface area contributed by atoms with E-state index in [1.807, 2.05) is 0 Å². The van der Waals surface area contributed by atoms with E-state index < -0.39 is 35.3 Å². The van der Waals surface area contributed by atoms with Gasteiger partial charge in [-0.2, -0.15) is 0 Å². The second-order valence-corrected chi connectivity index (χ2v) is 9.72. The summed E-state index contributed by atoms with van der Waals surface area (Å²) in [6, 6.07) is 2.19. The molecule has 7 nitrogen and oxygen atoms in total. The molecule has 1 aromatic rings. The van der Waals surface area contributed by atoms with Gasteiger partial charge in [0.15, 0.2) is 9.84 Å². The molecule has 0 spiro atoms. The van der Waals surface area contributed by atoms with E-state index in [4.69, 9.17) is 10.7 Å². The summed E-state index contributed by atoms with van der Waals surface area (Å²) in [6.45, 7) is 1.39. The lowest BCUT2D eigenvalue weighted by Gasteiger charge is -2.07. The average Bonchev–Trinajstić information content (AvgIpc) is 2.28. The molecule has 0 bridgehead atoms. The molecule has 0 aliphatic carbocycles. The van der Waals surface area contributed by atoms with Gasteiger partial charge in [-0.25, -0.2) is 16.8 Å². The maximum atomic E-state index is 12.0. The van der Waals surface area contributed by atoms with Crippen molar-refractivity contribution < 1.29 is 21.8 Å². The van der Waals surface area contributed by atoms with Crippen molar-refractivity contribution in [3.05, 3.63) is 32.3 Å². The van der Waals surface area contributed by atoms with Crippen molar-refractivity contribution in [3.63, 3.8) is 0 Å². The molecule has 1 rings (SSSR count). The monoisotopic (exact) mass is 405 g/mol. The van der Waals surface area contributed by atoms with Gasteiger partial charge in [0.1, 0.15) is 0 Å². The Hall–Kier alpha value is -0.710. The summed E-state index contributed by atoms with van der Waals surface area (Å²) in [7, 11) is -2.89. The molecule has 0 N–H and O–H groups in total. The van der Waals surface area contributed by atoms with E-state index >= 15 is 0 Å². The number of nitrogens with zero attached hydrogens (tertiary/aromatic N) is 1. The van der Waals surface area contributed by atoms with Crippen molar-refractivity contribution >= 4 is 51.2 Å². The fraction of sp³-hybridized carbons (Fsp3) is 0.333. The molecule has 1 aromatic carbocycles. The molecule has 0 fully saturated rings. The molecule has 20 heavy (non-hydrogen) atoms. The third-order valence-electron chi connectivity index (χ3n) is 2.38. The van der Waals surface area contributed by atoms with Crippen molar-refractivity contribution in [2.45, 2.75) is 11.8 Å². The lowest BCUT2D eigenvalue weighted by Crippen LogP contribution is -2.15. The number of hydrogen-bond donors (Lipinski definition) is 0. The molecule has 0 atom stereocenters. The summed E-state index contributed by atoms with van der Waals surface area (Å²) in [4.78, 5) is 9.88. The van der Waals surface area contributed by atoms with Gasteiger partial charge in [0.2, 0.25) is 9.05 Å². The van der Waals surface area contributed by atoms with Crippen molar-refractivity contribution in [1.29, 1.82) is 0 Å². The zero-order chi connectivity index (χ0) is 15.7. The number of hydrogen-bond acceptors (Lipinski definition) is 6. The number of sulfone groups is 1. The van der Waals surface area contributed by atoms with Gasteiger partial charge in [0.05, 0.1) is 21.3 Å². The van der Waals surface area contributed by atoms with Gasteiger partial charge in [-0.1, -0.05) is 0 Å². The van der Waals surface area contributed by atoms with Crippen LogP contribution in [0.1, 0.15) is 5.56 Å². The molecule has 0 amide bonds. The Balaban J connectivity index is 3.27. The van der Waals surface area contributed by atoms with E-state index in [0.29, 0.717) is 0 Å². The summed E-state index contributed by atoms with van der Waals surface area (Å²) in [6.07, 6.45) is 0. The largest absolute Gasteiger partial charge is 0.273 e. The fourth-order valence-corrected chi connectivity index (χ4v) is 5.64. The van der Waals surface area contributed by atoms with Crippen LogP contribution >= 0.6 is 26.6 Å². The zero-order valence-corrected chi connectivity index (χ0v) is 14.0. The maximum Gasteiger partial charge on any atom is 0.273 e. The number of nitro groups is 1. The number of rotatable bonds is 5. The Morgan fingerprint density at radius 3 is 2.25 bits per heavy atom. The zero-order valence-electron chi connectivity index (χ0n) is 10.0. The highest BCUT2D eigenvalue weighted by molar-refractivity contribution is 9.10. The molecule has 0 aliphatic heterocycles. The van der Waals surface area contributed by atoms with Gasteiger partial charge >= 0.3 is 0 Å². The highest BCUT2D eigenvalue weighted by Gasteiger charge is 2.24. The lowest BCUT2D eigenvalue weighted by atomic mass is 10.2. The van der Waals surface area contributed by atoms with Crippen molar-refractivity contribution in [3.8, 4) is 0 Å². The number of halogens is 2. The van der Waals surface area contributed by atoms with Gasteiger partial charge in [0.25, 0.3) is 5.69 Å². The van der Waals surface area contributed by atoms with Crippen LogP contribution in [-0.2, 0) is 18.9 Å². The highest BCUT2D eigenvalue weighted by Crippen LogP contribution is 2.30. The van der Waals surface area contributed by atoms with E-state index in [1.165, 1.54) is 6.92 Å². The first-order valence-electron chi connectivity index (χ1n) is 5.03.